The van der Waals surface area contributed by atoms with Crippen molar-refractivity contribution in [1.82, 2.24) is 5.48 Å². The second-order valence-electron chi connectivity index (χ2n) is 2.51. The average Bonchev–Trinajstić information content (AvgIpc) is 2.26. The molecule has 0 bridgehead atoms. The van der Waals surface area contributed by atoms with Gasteiger partial charge in [-0.2, -0.15) is 0 Å². The summed E-state index contributed by atoms with van der Waals surface area (Å²) in [5.74, 6) is 0.376. The molecule has 1 aromatic carbocycles. The number of amides is 1. The third-order valence-electron chi connectivity index (χ3n) is 1.75. The summed E-state index contributed by atoms with van der Waals surface area (Å²) in [5.41, 5.74) is 1.83. The molecule has 0 heterocycles. The summed E-state index contributed by atoms with van der Waals surface area (Å²) in [6, 6.07) is 4.58. The molecule has 0 saturated heterocycles. The van der Waals surface area contributed by atoms with Crippen molar-refractivity contribution in [2.24, 2.45) is 0 Å². The lowest BCUT2D eigenvalue weighted by molar-refractivity contribution is 0.0706. The Hall–Kier alpha value is -1.75. The minimum atomic E-state index is -0.592. The molecule has 0 spiro atoms. The van der Waals surface area contributed by atoms with E-state index in [4.69, 9.17) is 14.7 Å². The van der Waals surface area contributed by atoms with Crippen molar-refractivity contribution in [3.63, 3.8) is 0 Å². The normalized spacial score (nSPS) is 9.36. The molecule has 1 amide bonds. The fraction of sp³-hybridized carbons (Fsp3) is 0.222. The van der Waals surface area contributed by atoms with Crippen LogP contribution in [0.5, 0.6) is 11.5 Å². The topological polar surface area (TPSA) is 67.8 Å². The van der Waals surface area contributed by atoms with E-state index in [1.165, 1.54) is 31.8 Å². The molecule has 0 saturated carbocycles. The van der Waals surface area contributed by atoms with Crippen LogP contribution in [-0.2, 0) is 0 Å². The Bertz CT molecular complexity index is 338. The zero-order valence-electron chi connectivity index (χ0n) is 7.90. The standard InChI is InChI=1S/C9H11NO4/c1-13-7-4-3-6(9(11)10-12)5-8(7)14-2/h3-5,12H,1-2H3,(H,10,11). The highest BCUT2D eigenvalue weighted by Crippen LogP contribution is 2.27. The van der Waals surface area contributed by atoms with E-state index in [0.29, 0.717) is 17.1 Å². The summed E-state index contributed by atoms with van der Waals surface area (Å²) < 4.78 is 9.97. The predicted octanol–water partition coefficient (Wildman–Crippen LogP) is 0.823. The van der Waals surface area contributed by atoms with Crippen molar-refractivity contribution in [3.05, 3.63) is 23.8 Å². The van der Waals surface area contributed by atoms with Crippen LogP contribution in [0.15, 0.2) is 18.2 Å². The number of benzene rings is 1. The highest BCUT2D eigenvalue weighted by Gasteiger charge is 2.09. The fourth-order valence-electron chi connectivity index (χ4n) is 1.04. The Morgan fingerprint density at radius 3 is 2.43 bits per heavy atom. The van der Waals surface area contributed by atoms with Crippen LogP contribution in [0.2, 0.25) is 0 Å². The highest BCUT2D eigenvalue weighted by molar-refractivity contribution is 5.94. The van der Waals surface area contributed by atoms with Gasteiger partial charge in [-0.25, -0.2) is 5.48 Å². The van der Waals surface area contributed by atoms with Gasteiger partial charge in [0.25, 0.3) is 5.91 Å². The summed E-state index contributed by atoms with van der Waals surface area (Å²) in [4.78, 5) is 11.0. The molecule has 0 atom stereocenters. The van der Waals surface area contributed by atoms with Gasteiger partial charge < -0.3 is 9.47 Å². The van der Waals surface area contributed by atoms with Crippen molar-refractivity contribution in [2.45, 2.75) is 0 Å². The van der Waals surface area contributed by atoms with Gasteiger partial charge in [-0.15, -0.1) is 0 Å². The molecule has 5 nitrogen and oxygen atoms in total. The van der Waals surface area contributed by atoms with Gasteiger partial charge in [-0.3, -0.25) is 10.0 Å². The third-order valence-corrected chi connectivity index (χ3v) is 1.75. The predicted molar refractivity (Wildman–Crippen MR) is 48.8 cm³/mol. The fourth-order valence-corrected chi connectivity index (χ4v) is 1.04. The number of methoxy groups -OCH3 is 2. The first-order chi connectivity index (χ1) is 6.72. The first-order valence-electron chi connectivity index (χ1n) is 3.89. The highest BCUT2D eigenvalue weighted by atomic mass is 16.5. The van der Waals surface area contributed by atoms with Crippen LogP contribution >= 0.6 is 0 Å². The van der Waals surface area contributed by atoms with Crippen molar-refractivity contribution in [2.75, 3.05) is 14.2 Å². The molecule has 0 aliphatic heterocycles. The molecule has 1 rings (SSSR count). The number of hydrogen-bond acceptors (Lipinski definition) is 4. The number of ether oxygens (including phenoxy) is 2. The summed E-state index contributed by atoms with van der Waals surface area (Å²) >= 11 is 0. The van der Waals surface area contributed by atoms with E-state index < -0.39 is 5.91 Å². The van der Waals surface area contributed by atoms with E-state index >= 15 is 0 Å². The Labute approximate surface area is 81.2 Å². The molecule has 76 valence electrons. The van der Waals surface area contributed by atoms with Gasteiger partial charge in [-0.1, -0.05) is 0 Å². The number of carbonyl (C=O) groups excluding carboxylic acids is 1. The van der Waals surface area contributed by atoms with Crippen molar-refractivity contribution < 1.29 is 19.5 Å². The lowest BCUT2D eigenvalue weighted by Gasteiger charge is -2.08. The number of carbonyl (C=O) groups is 1. The maximum absolute atomic E-state index is 11.0. The third kappa shape index (κ3) is 1.94. The first kappa shape index (κ1) is 10.3. The molecule has 0 fully saturated rings. The number of hydroxylamine groups is 1. The van der Waals surface area contributed by atoms with Crippen molar-refractivity contribution >= 4 is 5.91 Å². The zero-order valence-corrected chi connectivity index (χ0v) is 7.90. The lowest BCUT2D eigenvalue weighted by Crippen LogP contribution is -2.18. The molecular weight excluding hydrogens is 186 g/mol. The summed E-state index contributed by atoms with van der Waals surface area (Å²) in [5, 5.41) is 8.41. The quantitative estimate of drug-likeness (QED) is 0.556. The number of rotatable bonds is 3. The summed E-state index contributed by atoms with van der Waals surface area (Å²) in [6.45, 7) is 0. The van der Waals surface area contributed by atoms with Crippen LogP contribution < -0.4 is 15.0 Å². The van der Waals surface area contributed by atoms with Gasteiger partial charge in [-0.05, 0) is 18.2 Å². The van der Waals surface area contributed by atoms with E-state index in [2.05, 4.69) is 0 Å². The largest absolute Gasteiger partial charge is 0.493 e. The molecule has 0 aromatic heterocycles. The molecule has 1 aromatic rings. The second kappa shape index (κ2) is 4.48. The van der Waals surface area contributed by atoms with Gasteiger partial charge in [0.15, 0.2) is 11.5 Å². The Kier molecular flexibility index (Phi) is 3.30. The summed E-state index contributed by atoms with van der Waals surface area (Å²) in [6.07, 6.45) is 0. The van der Waals surface area contributed by atoms with Gasteiger partial charge in [0.2, 0.25) is 0 Å². The van der Waals surface area contributed by atoms with Gasteiger partial charge in [0, 0.05) is 5.56 Å². The Morgan fingerprint density at radius 2 is 1.93 bits per heavy atom. The van der Waals surface area contributed by atoms with E-state index in [0.717, 1.165) is 0 Å². The van der Waals surface area contributed by atoms with E-state index in [1.807, 2.05) is 0 Å². The monoisotopic (exact) mass is 197 g/mol. The van der Waals surface area contributed by atoms with Gasteiger partial charge >= 0.3 is 0 Å². The lowest BCUT2D eigenvalue weighted by atomic mass is 10.2. The van der Waals surface area contributed by atoms with Crippen LogP contribution in [0, 0.1) is 0 Å². The molecule has 5 heteroatoms. The second-order valence-corrected chi connectivity index (χ2v) is 2.51. The molecular formula is C9H11NO4. The number of nitrogens with one attached hydrogen (secondary N) is 1. The van der Waals surface area contributed by atoms with E-state index in [-0.39, 0.29) is 0 Å². The first-order valence-corrected chi connectivity index (χ1v) is 3.89. The van der Waals surface area contributed by atoms with Crippen molar-refractivity contribution in [3.8, 4) is 11.5 Å². The van der Waals surface area contributed by atoms with Crippen LogP contribution in [0.3, 0.4) is 0 Å². The smallest absolute Gasteiger partial charge is 0.274 e. The van der Waals surface area contributed by atoms with Crippen LogP contribution in [0.25, 0.3) is 0 Å². The molecule has 2 N–H and O–H groups in total. The van der Waals surface area contributed by atoms with Crippen LogP contribution in [-0.4, -0.2) is 25.3 Å². The van der Waals surface area contributed by atoms with Gasteiger partial charge in [0.1, 0.15) is 0 Å². The Balaban J connectivity index is 3.07. The molecule has 0 radical (unpaired) electrons. The zero-order chi connectivity index (χ0) is 10.6. The van der Waals surface area contributed by atoms with Crippen molar-refractivity contribution in [1.29, 1.82) is 0 Å². The summed E-state index contributed by atoms with van der Waals surface area (Å²) in [7, 11) is 2.97. The maximum Gasteiger partial charge on any atom is 0.274 e. The number of hydrogen-bond donors (Lipinski definition) is 2. The van der Waals surface area contributed by atoms with Crippen LogP contribution in [0.1, 0.15) is 10.4 Å². The van der Waals surface area contributed by atoms with Crippen LogP contribution in [0.4, 0.5) is 0 Å². The SMILES string of the molecule is COc1ccc(C(=O)NO)cc1OC. The molecule has 0 unspecified atom stereocenters. The minimum Gasteiger partial charge on any atom is -0.493 e. The average molecular weight is 197 g/mol. The maximum atomic E-state index is 11.0. The van der Waals surface area contributed by atoms with Gasteiger partial charge in [0.05, 0.1) is 14.2 Å². The molecule has 0 aliphatic carbocycles. The molecule has 0 aliphatic rings. The Morgan fingerprint density at radius 1 is 1.29 bits per heavy atom. The minimum absolute atomic E-state index is 0.296. The molecule has 14 heavy (non-hydrogen) atoms. The van der Waals surface area contributed by atoms with E-state index in [1.54, 1.807) is 6.07 Å². The van der Waals surface area contributed by atoms with E-state index in [9.17, 15) is 4.79 Å².